The second-order valence-corrected chi connectivity index (χ2v) is 6.58. The molecular weight excluding hydrogens is 312 g/mol. The summed E-state index contributed by atoms with van der Waals surface area (Å²) in [6.07, 6.45) is 2.17. The second kappa shape index (κ2) is 7.38. The monoisotopic (exact) mass is 338 g/mol. The third-order valence-electron chi connectivity index (χ3n) is 4.24. The van der Waals surface area contributed by atoms with Crippen molar-refractivity contribution in [2.75, 3.05) is 6.61 Å². The zero-order valence-corrected chi connectivity index (χ0v) is 14.8. The molecule has 0 aromatic heterocycles. The van der Waals surface area contributed by atoms with Crippen molar-refractivity contribution in [3.8, 4) is 0 Å². The number of allylic oxidation sites excluding steroid dienone is 1. The number of carbonyl (C=O) groups is 2. The van der Waals surface area contributed by atoms with Crippen molar-refractivity contribution in [2.24, 2.45) is 0 Å². The number of cyclic esters (lactones) is 1. The van der Waals surface area contributed by atoms with Crippen LogP contribution in [0.3, 0.4) is 0 Å². The van der Waals surface area contributed by atoms with E-state index in [0.717, 1.165) is 12.8 Å². The van der Waals surface area contributed by atoms with E-state index in [4.69, 9.17) is 14.2 Å². The summed E-state index contributed by atoms with van der Waals surface area (Å²) in [4.78, 5) is 24.3. The van der Waals surface area contributed by atoms with Crippen molar-refractivity contribution in [3.63, 3.8) is 0 Å². The number of hydrogen-bond donors (Lipinski definition) is 1. The van der Waals surface area contributed by atoms with Gasteiger partial charge >= 0.3 is 11.9 Å². The third kappa shape index (κ3) is 4.17. The van der Waals surface area contributed by atoms with Gasteiger partial charge in [-0.15, -0.1) is 0 Å². The summed E-state index contributed by atoms with van der Waals surface area (Å²) in [7, 11) is 0. The van der Waals surface area contributed by atoms with Crippen LogP contribution in [0, 0.1) is 0 Å². The fourth-order valence-corrected chi connectivity index (χ4v) is 3.17. The van der Waals surface area contributed by atoms with Crippen LogP contribution < -0.4 is 0 Å². The highest BCUT2D eigenvalue weighted by atomic mass is 16.7. The Kier molecular flexibility index (Phi) is 5.70. The second-order valence-electron chi connectivity index (χ2n) is 6.58. The molecule has 2 rings (SSSR count). The van der Waals surface area contributed by atoms with E-state index in [9.17, 15) is 14.7 Å². The van der Waals surface area contributed by atoms with Gasteiger partial charge in [0.25, 0.3) is 0 Å². The van der Waals surface area contributed by atoms with Gasteiger partial charge in [0.05, 0.1) is 18.3 Å². The van der Waals surface area contributed by atoms with E-state index in [1.165, 1.54) is 0 Å². The van der Waals surface area contributed by atoms with Gasteiger partial charge in [-0.3, -0.25) is 0 Å². The van der Waals surface area contributed by atoms with Crippen molar-refractivity contribution in [2.45, 2.75) is 71.7 Å². The van der Waals surface area contributed by atoms with Crippen molar-refractivity contribution in [3.05, 3.63) is 22.5 Å². The molecule has 2 aliphatic rings. The van der Waals surface area contributed by atoms with Crippen molar-refractivity contribution < 1.29 is 28.9 Å². The first-order chi connectivity index (χ1) is 11.2. The van der Waals surface area contributed by atoms with E-state index >= 15 is 0 Å². The Morgan fingerprint density at radius 3 is 2.58 bits per heavy atom. The summed E-state index contributed by atoms with van der Waals surface area (Å²) in [6.45, 7) is 7.05. The zero-order chi connectivity index (χ0) is 17.9. The van der Waals surface area contributed by atoms with Crippen molar-refractivity contribution >= 4 is 11.9 Å². The minimum atomic E-state index is -1.00. The van der Waals surface area contributed by atoms with Gasteiger partial charge in [0.15, 0.2) is 0 Å². The van der Waals surface area contributed by atoms with Crippen LogP contribution in [0.5, 0.6) is 0 Å². The predicted molar refractivity (Wildman–Crippen MR) is 86.7 cm³/mol. The highest BCUT2D eigenvalue weighted by molar-refractivity contribution is 5.91. The number of ether oxygens (including phenoxy) is 3. The van der Waals surface area contributed by atoms with Crippen LogP contribution in [0.2, 0.25) is 0 Å². The summed E-state index contributed by atoms with van der Waals surface area (Å²) < 4.78 is 15.9. The predicted octanol–water partition coefficient (Wildman–Crippen LogP) is 2.75. The lowest BCUT2D eigenvalue weighted by atomic mass is 9.86. The minimum absolute atomic E-state index is 0.0684. The number of rotatable bonds is 5. The van der Waals surface area contributed by atoms with Gasteiger partial charge in [0, 0.05) is 25.8 Å². The van der Waals surface area contributed by atoms with Gasteiger partial charge in [-0.1, -0.05) is 0 Å². The molecule has 6 nitrogen and oxygen atoms in total. The van der Waals surface area contributed by atoms with Gasteiger partial charge in [-0.05, 0) is 45.1 Å². The first kappa shape index (κ1) is 18.5. The normalized spacial score (nSPS) is 22.0. The molecule has 0 saturated heterocycles. The highest BCUT2D eigenvalue weighted by Gasteiger charge is 2.36. The molecule has 0 spiro atoms. The molecule has 1 N–H and O–H groups in total. The highest BCUT2D eigenvalue weighted by Crippen LogP contribution is 2.33. The maximum atomic E-state index is 12.2. The van der Waals surface area contributed by atoms with Gasteiger partial charge in [-0.2, -0.15) is 0 Å². The van der Waals surface area contributed by atoms with Gasteiger partial charge < -0.3 is 19.3 Å². The van der Waals surface area contributed by atoms with E-state index in [1.54, 1.807) is 27.7 Å². The van der Waals surface area contributed by atoms with Crippen LogP contribution in [0.4, 0.5) is 0 Å². The molecule has 6 heteroatoms. The first-order valence-electron chi connectivity index (χ1n) is 8.44. The third-order valence-corrected chi connectivity index (χ3v) is 4.24. The smallest absolute Gasteiger partial charge is 0.340 e. The number of aliphatic hydroxyl groups is 1. The molecule has 0 saturated carbocycles. The summed E-state index contributed by atoms with van der Waals surface area (Å²) >= 11 is 0. The van der Waals surface area contributed by atoms with E-state index < -0.39 is 17.9 Å². The summed E-state index contributed by atoms with van der Waals surface area (Å²) in [5, 5.41) is 10.6. The lowest BCUT2D eigenvalue weighted by Gasteiger charge is -2.33. The molecule has 134 valence electrons. The molecule has 0 aromatic carbocycles. The van der Waals surface area contributed by atoms with Crippen molar-refractivity contribution in [1.29, 1.82) is 0 Å². The first-order valence-corrected chi connectivity index (χ1v) is 8.44. The summed E-state index contributed by atoms with van der Waals surface area (Å²) in [5.74, 6) is -1.42. The molecule has 0 fully saturated rings. The SMILES string of the molecule is CCOC(=O)C1=C(C(O)CC2=C(C)OC(C)(C)OC2=O)CCCC1. The van der Waals surface area contributed by atoms with Crippen LogP contribution in [0.15, 0.2) is 22.5 Å². The van der Waals surface area contributed by atoms with Gasteiger partial charge in [0.2, 0.25) is 5.79 Å². The Morgan fingerprint density at radius 1 is 1.29 bits per heavy atom. The van der Waals surface area contributed by atoms with E-state index in [-0.39, 0.29) is 12.4 Å². The molecule has 1 aliphatic heterocycles. The summed E-state index contributed by atoms with van der Waals surface area (Å²) in [5.41, 5.74) is 1.51. The number of esters is 2. The fraction of sp³-hybridized carbons (Fsp3) is 0.667. The number of hydrogen-bond acceptors (Lipinski definition) is 6. The Morgan fingerprint density at radius 2 is 1.96 bits per heavy atom. The minimum Gasteiger partial charge on any atom is -0.463 e. The fourth-order valence-electron chi connectivity index (χ4n) is 3.17. The van der Waals surface area contributed by atoms with E-state index in [2.05, 4.69) is 0 Å². The van der Waals surface area contributed by atoms with Gasteiger partial charge in [-0.25, -0.2) is 9.59 Å². The average molecular weight is 338 g/mol. The Hall–Kier alpha value is -1.82. The maximum Gasteiger partial charge on any atom is 0.340 e. The van der Waals surface area contributed by atoms with E-state index in [0.29, 0.717) is 41.9 Å². The topological polar surface area (TPSA) is 82.1 Å². The maximum absolute atomic E-state index is 12.2. The molecule has 0 amide bonds. The van der Waals surface area contributed by atoms with Crippen LogP contribution in [-0.2, 0) is 23.8 Å². The molecule has 1 aliphatic carbocycles. The molecule has 1 unspecified atom stereocenters. The quantitative estimate of drug-likeness (QED) is 0.776. The summed E-state index contributed by atoms with van der Waals surface area (Å²) in [6, 6.07) is 0. The lowest BCUT2D eigenvalue weighted by molar-refractivity contribution is -0.207. The Balaban J connectivity index is 2.22. The van der Waals surface area contributed by atoms with Crippen LogP contribution >= 0.6 is 0 Å². The van der Waals surface area contributed by atoms with Crippen LogP contribution in [-0.4, -0.2) is 35.5 Å². The number of carbonyl (C=O) groups excluding carboxylic acids is 2. The largest absolute Gasteiger partial charge is 0.463 e. The standard InChI is InChI=1S/C18H26O6/c1-5-22-16(20)13-9-7-6-8-12(13)15(19)10-14-11(2)23-18(3,4)24-17(14)21/h15,19H,5-10H2,1-4H3. The molecular formula is C18H26O6. The molecule has 1 heterocycles. The molecule has 0 aromatic rings. The zero-order valence-electron chi connectivity index (χ0n) is 14.8. The van der Waals surface area contributed by atoms with Gasteiger partial charge in [0.1, 0.15) is 5.76 Å². The number of aliphatic hydroxyl groups excluding tert-OH is 1. The van der Waals surface area contributed by atoms with Crippen molar-refractivity contribution in [1.82, 2.24) is 0 Å². The Bertz CT molecular complexity index is 584. The molecule has 0 bridgehead atoms. The lowest BCUT2D eigenvalue weighted by Crippen LogP contribution is -2.37. The van der Waals surface area contributed by atoms with E-state index in [1.807, 2.05) is 0 Å². The molecule has 1 atom stereocenters. The molecule has 0 radical (unpaired) electrons. The van der Waals surface area contributed by atoms with Crippen LogP contribution in [0.25, 0.3) is 0 Å². The molecule has 24 heavy (non-hydrogen) atoms. The van der Waals surface area contributed by atoms with Crippen LogP contribution in [0.1, 0.15) is 59.8 Å². The average Bonchev–Trinajstić information content (AvgIpc) is 2.50. The Labute approximate surface area is 142 Å².